The molecule has 2 fully saturated rings. The van der Waals surface area contributed by atoms with Crippen molar-refractivity contribution >= 4 is 17.2 Å². The van der Waals surface area contributed by atoms with Crippen LogP contribution in [-0.4, -0.2) is 63.1 Å². The van der Waals surface area contributed by atoms with E-state index in [1.807, 2.05) is 0 Å². The van der Waals surface area contributed by atoms with Gasteiger partial charge >= 0.3 is 0 Å². The Labute approximate surface area is 182 Å². The van der Waals surface area contributed by atoms with Crippen molar-refractivity contribution in [2.45, 2.75) is 31.4 Å². The molecular formula is C20H24F2N8O2. The molecule has 1 atom stereocenters. The van der Waals surface area contributed by atoms with Gasteiger partial charge in [0.1, 0.15) is 11.7 Å². The van der Waals surface area contributed by atoms with Gasteiger partial charge in [0.05, 0.1) is 30.2 Å². The molecule has 0 aromatic carbocycles. The molecular weight excluding hydrogens is 422 g/mol. The lowest BCUT2D eigenvalue weighted by atomic mass is 10.1. The number of aromatic nitrogens is 5. The Balaban J connectivity index is 1.41. The Bertz CT molecular complexity index is 1100. The standard InChI is InChI=1S/C20H24F2N8O2/c21-18(22)17-15(11-30(28-17)12-1-4-23-5-2-12)27-20(31)13-9-25-29-7-3-14(26-19(13)29)16-10-24-6-8-32-16/h3,7,9,11-12,16,18,23-24H,1-2,4-6,8,10H2,(H,27,31). The van der Waals surface area contributed by atoms with E-state index in [2.05, 4.69) is 31.1 Å². The Morgan fingerprint density at radius 1 is 1.25 bits per heavy atom. The van der Waals surface area contributed by atoms with Gasteiger partial charge in [-0.3, -0.25) is 9.48 Å². The van der Waals surface area contributed by atoms with Crippen LogP contribution in [0.4, 0.5) is 14.5 Å². The number of fused-ring (bicyclic) bond motifs is 1. The zero-order valence-corrected chi connectivity index (χ0v) is 17.3. The third-order valence-electron chi connectivity index (χ3n) is 5.79. The summed E-state index contributed by atoms with van der Waals surface area (Å²) in [6, 6.07) is 1.81. The number of morpholine rings is 1. The van der Waals surface area contributed by atoms with Crippen LogP contribution in [0.15, 0.2) is 24.7 Å². The Morgan fingerprint density at radius 2 is 2.09 bits per heavy atom. The zero-order chi connectivity index (χ0) is 22.1. The predicted molar refractivity (Wildman–Crippen MR) is 111 cm³/mol. The molecule has 2 saturated heterocycles. The van der Waals surface area contributed by atoms with Gasteiger partial charge in [0.15, 0.2) is 11.3 Å². The Hall–Kier alpha value is -2.96. The predicted octanol–water partition coefficient (Wildman–Crippen LogP) is 1.70. The minimum absolute atomic E-state index is 0.00106. The molecule has 0 spiro atoms. The van der Waals surface area contributed by atoms with Gasteiger partial charge in [-0.2, -0.15) is 10.2 Å². The number of piperidine rings is 1. The Morgan fingerprint density at radius 3 is 2.84 bits per heavy atom. The van der Waals surface area contributed by atoms with E-state index in [4.69, 9.17) is 4.74 Å². The third kappa shape index (κ3) is 4.08. The van der Waals surface area contributed by atoms with Crippen LogP contribution in [-0.2, 0) is 4.74 Å². The first-order valence-electron chi connectivity index (χ1n) is 10.7. The fourth-order valence-electron chi connectivity index (χ4n) is 4.09. The van der Waals surface area contributed by atoms with E-state index in [0.29, 0.717) is 24.5 Å². The maximum atomic E-state index is 13.6. The fourth-order valence-corrected chi connectivity index (χ4v) is 4.09. The van der Waals surface area contributed by atoms with Crippen molar-refractivity contribution in [3.63, 3.8) is 0 Å². The molecule has 12 heteroatoms. The quantitative estimate of drug-likeness (QED) is 0.547. The summed E-state index contributed by atoms with van der Waals surface area (Å²) in [6.07, 6.45) is 3.10. The molecule has 0 aliphatic carbocycles. The highest BCUT2D eigenvalue weighted by Crippen LogP contribution is 2.29. The number of nitrogens with zero attached hydrogens (tertiary/aromatic N) is 5. The van der Waals surface area contributed by atoms with Gasteiger partial charge in [0, 0.05) is 25.5 Å². The molecule has 0 radical (unpaired) electrons. The van der Waals surface area contributed by atoms with Crippen molar-refractivity contribution in [1.82, 2.24) is 35.0 Å². The van der Waals surface area contributed by atoms with E-state index in [0.717, 1.165) is 32.5 Å². The van der Waals surface area contributed by atoms with Crippen molar-refractivity contribution in [3.05, 3.63) is 41.6 Å². The molecule has 2 aliphatic heterocycles. The fraction of sp³-hybridized carbons (Fsp3) is 0.500. The second-order valence-corrected chi connectivity index (χ2v) is 7.89. The number of amides is 1. The summed E-state index contributed by atoms with van der Waals surface area (Å²) in [4.78, 5) is 17.6. The van der Waals surface area contributed by atoms with E-state index in [-0.39, 0.29) is 23.4 Å². The average Bonchev–Trinajstić information content (AvgIpc) is 3.44. The van der Waals surface area contributed by atoms with Crippen molar-refractivity contribution in [2.24, 2.45) is 0 Å². The lowest BCUT2D eigenvalue weighted by Crippen LogP contribution is -2.33. The summed E-state index contributed by atoms with van der Waals surface area (Å²) >= 11 is 0. The first kappa shape index (κ1) is 20.9. The molecule has 170 valence electrons. The molecule has 0 saturated carbocycles. The number of carbonyl (C=O) groups is 1. The van der Waals surface area contributed by atoms with Crippen LogP contribution in [0.2, 0.25) is 0 Å². The number of carbonyl (C=O) groups excluding carboxylic acids is 1. The lowest BCUT2D eigenvalue weighted by Gasteiger charge is -2.23. The number of nitrogens with one attached hydrogen (secondary N) is 3. The maximum Gasteiger partial charge on any atom is 0.284 e. The van der Waals surface area contributed by atoms with E-state index < -0.39 is 18.0 Å². The maximum absolute atomic E-state index is 13.6. The van der Waals surface area contributed by atoms with E-state index >= 15 is 0 Å². The highest BCUT2D eigenvalue weighted by Gasteiger charge is 2.26. The molecule has 3 aromatic heterocycles. The van der Waals surface area contributed by atoms with Crippen molar-refractivity contribution in [3.8, 4) is 0 Å². The van der Waals surface area contributed by atoms with E-state index in [1.165, 1.54) is 21.6 Å². The summed E-state index contributed by atoms with van der Waals surface area (Å²) in [6.45, 7) is 3.56. The zero-order valence-electron chi connectivity index (χ0n) is 17.3. The number of halogens is 2. The van der Waals surface area contributed by atoms with Crippen molar-refractivity contribution < 1.29 is 18.3 Å². The molecule has 5 heterocycles. The second-order valence-electron chi connectivity index (χ2n) is 7.89. The molecule has 32 heavy (non-hydrogen) atoms. The molecule has 3 aromatic rings. The molecule has 1 amide bonds. The summed E-state index contributed by atoms with van der Waals surface area (Å²) < 4.78 is 36.0. The summed E-state index contributed by atoms with van der Waals surface area (Å²) in [5.74, 6) is -0.570. The first-order valence-corrected chi connectivity index (χ1v) is 10.7. The van der Waals surface area contributed by atoms with Crippen LogP contribution >= 0.6 is 0 Å². The normalized spacial score (nSPS) is 20.2. The van der Waals surface area contributed by atoms with E-state index in [9.17, 15) is 13.6 Å². The number of alkyl halides is 2. The second kappa shape index (κ2) is 8.88. The van der Waals surface area contributed by atoms with Gasteiger partial charge < -0.3 is 20.7 Å². The topological polar surface area (TPSA) is 110 Å². The van der Waals surface area contributed by atoms with Crippen LogP contribution in [0.3, 0.4) is 0 Å². The molecule has 0 bridgehead atoms. The summed E-state index contributed by atoms with van der Waals surface area (Å²) in [5, 5.41) is 17.3. The SMILES string of the molecule is O=C(Nc1cn(C2CCNCC2)nc1C(F)F)c1cnn2ccc(C3CNCCO3)nc12. The summed E-state index contributed by atoms with van der Waals surface area (Å²) in [5.41, 5.74) is 0.748. The minimum Gasteiger partial charge on any atom is -0.369 e. The molecule has 5 rings (SSSR count). The van der Waals surface area contributed by atoms with Gasteiger partial charge in [-0.15, -0.1) is 0 Å². The average molecular weight is 446 g/mol. The van der Waals surface area contributed by atoms with Crippen LogP contribution in [0.25, 0.3) is 5.65 Å². The molecule has 1 unspecified atom stereocenters. The first-order chi connectivity index (χ1) is 15.6. The summed E-state index contributed by atoms with van der Waals surface area (Å²) in [7, 11) is 0. The van der Waals surface area contributed by atoms with Gasteiger partial charge in [-0.05, 0) is 32.0 Å². The van der Waals surface area contributed by atoms with E-state index in [1.54, 1.807) is 12.3 Å². The number of hydrogen-bond donors (Lipinski definition) is 3. The van der Waals surface area contributed by atoms with Crippen LogP contribution in [0.1, 0.15) is 53.2 Å². The van der Waals surface area contributed by atoms with Crippen LogP contribution in [0.5, 0.6) is 0 Å². The number of hydrogen-bond acceptors (Lipinski definition) is 7. The minimum atomic E-state index is -2.81. The highest BCUT2D eigenvalue weighted by molar-refractivity contribution is 6.08. The molecule has 2 aliphatic rings. The number of ether oxygens (including phenoxy) is 1. The van der Waals surface area contributed by atoms with Crippen LogP contribution < -0.4 is 16.0 Å². The number of rotatable bonds is 5. The van der Waals surface area contributed by atoms with Gasteiger partial charge in [0.25, 0.3) is 12.3 Å². The largest absolute Gasteiger partial charge is 0.369 e. The smallest absolute Gasteiger partial charge is 0.284 e. The van der Waals surface area contributed by atoms with Gasteiger partial charge in [0.2, 0.25) is 0 Å². The Kier molecular flexibility index (Phi) is 5.81. The highest BCUT2D eigenvalue weighted by atomic mass is 19.3. The van der Waals surface area contributed by atoms with Gasteiger partial charge in [-0.1, -0.05) is 0 Å². The van der Waals surface area contributed by atoms with Crippen LogP contribution in [0, 0.1) is 0 Å². The monoisotopic (exact) mass is 446 g/mol. The van der Waals surface area contributed by atoms with Crippen molar-refractivity contribution in [1.29, 1.82) is 0 Å². The molecule has 3 N–H and O–H groups in total. The number of anilines is 1. The van der Waals surface area contributed by atoms with Crippen molar-refractivity contribution in [2.75, 3.05) is 38.1 Å². The lowest BCUT2D eigenvalue weighted by molar-refractivity contribution is 0.0251. The third-order valence-corrected chi connectivity index (χ3v) is 5.79. The molecule has 10 nitrogen and oxygen atoms in total. The van der Waals surface area contributed by atoms with Gasteiger partial charge in [-0.25, -0.2) is 18.3 Å².